The number of likely N-dealkylation sites (N-methyl/N-ethyl adjacent to an activating group) is 1. The van der Waals surface area contributed by atoms with Crippen molar-refractivity contribution in [2.75, 3.05) is 45.7 Å². The number of nitrogens with zero attached hydrogens (tertiary/aromatic N) is 2. The van der Waals surface area contributed by atoms with Gasteiger partial charge in [0.2, 0.25) is 12.3 Å². The summed E-state index contributed by atoms with van der Waals surface area (Å²) in [7, 11) is 2.95. The Morgan fingerprint density at radius 3 is 2.66 bits per heavy atom. The first-order valence-electron chi connectivity index (χ1n) is 10.7. The number of benzene rings is 1. The van der Waals surface area contributed by atoms with E-state index in [1.54, 1.807) is 18.2 Å². The molecule has 0 aliphatic carbocycles. The molecule has 0 saturated heterocycles. The normalized spacial score (nSPS) is 12.0. The lowest BCUT2D eigenvalue weighted by Crippen LogP contribution is -2.44. The third-order valence-electron chi connectivity index (χ3n) is 4.82. The number of pyridine rings is 1. The molecule has 0 aliphatic heterocycles. The molecule has 0 saturated carbocycles. The number of methoxy groups -OCH3 is 1. The van der Waals surface area contributed by atoms with Gasteiger partial charge in [0, 0.05) is 13.3 Å². The average molecular weight is 494 g/mol. The Morgan fingerprint density at radius 1 is 1.23 bits per heavy atom. The van der Waals surface area contributed by atoms with Crippen LogP contribution >= 0.6 is 0 Å². The van der Waals surface area contributed by atoms with Gasteiger partial charge in [-0.1, -0.05) is 30.3 Å². The van der Waals surface area contributed by atoms with Crippen LogP contribution in [0, 0.1) is 0 Å². The number of hydrogen-bond acceptors (Lipinski definition) is 7. The largest absolute Gasteiger partial charge is 0.445 e. The minimum absolute atomic E-state index is 0.0660. The number of amides is 3. The van der Waals surface area contributed by atoms with Crippen molar-refractivity contribution in [3.8, 4) is 0 Å². The van der Waals surface area contributed by atoms with Crippen LogP contribution in [0.4, 0.5) is 19.4 Å². The lowest BCUT2D eigenvalue weighted by Gasteiger charge is -2.31. The van der Waals surface area contributed by atoms with Gasteiger partial charge < -0.3 is 25.4 Å². The van der Waals surface area contributed by atoms with Crippen molar-refractivity contribution in [2.45, 2.75) is 18.6 Å². The molecule has 35 heavy (non-hydrogen) atoms. The molecule has 2 rings (SSSR count). The number of ether oxygens (including phenoxy) is 2. The fourth-order valence-electron chi connectivity index (χ4n) is 3.19. The Hall–Kier alpha value is -3.64. The van der Waals surface area contributed by atoms with E-state index in [1.807, 2.05) is 23.5 Å². The van der Waals surface area contributed by atoms with Crippen molar-refractivity contribution in [3.63, 3.8) is 0 Å². The molecule has 1 atom stereocenters. The van der Waals surface area contributed by atoms with E-state index >= 15 is 0 Å². The number of hydrogen-bond donors (Lipinski definition) is 3. The number of halogens is 2. The Labute approximate surface area is 202 Å². The van der Waals surface area contributed by atoms with E-state index in [2.05, 4.69) is 15.6 Å². The molecule has 2 aromatic rings. The van der Waals surface area contributed by atoms with Gasteiger partial charge in [-0.05, 0) is 30.3 Å². The van der Waals surface area contributed by atoms with Crippen LogP contribution in [0.5, 0.6) is 0 Å². The lowest BCUT2D eigenvalue weighted by molar-refractivity contribution is -0.115. The summed E-state index contributed by atoms with van der Waals surface area (Å²) in [6.45, 7) is -1.62. The molecule has 12 heteroatoms. The Bertz CT molecular complexity index is 964. The summed E-state index contributed by atoms with van der Waals surface area (Å²) in [5.74, 6) is -3.53. The van der Waals surface area contributed by atoms with Crippen molar-refractivity contribution in [1.82, 2.24) is 20.5 Å². The Kier molecular flexibility index (Phi) is 11.0. The molecule has 3 N–H and O–H groups in total. The number of carbonyl (C=O) groups is 3. The van der Waals surface area contributed by atoms with Gasteiger partial charge >= 0.3 is 6.09 Å². The topological polar surface area (TPSA) is 122 Å². The van der Waals surface area contributed by atoms with E-state index in [-0.39, 0.29) is 32.0 Å². The summed E-state index contributed by atoms with van der Waals surface area (Å²) in [5.41, 5.74) is 1.38. The highest BCUT2D eigenvalue weighted by atomic mass is 19.3. The third-order valence-corrected chi connectivity index (χ3v) is 4.82. The van der Waals surface area contributed by atoms with E-state index in [9.17, 15) is 23.2 Å². The number of anilines is 1. The summed E-state index contributed by atoms with van der Waals surface area (Å²) in [6.07, 6.45) is 0.892. The monoisotopic (exact) mass is 493 g/mol. The van der Waals surface area contributed by atoms with Crippen molar-refractivity contribution < 1.29 is 32.6 Å². The second-order valence-corrected chi connectivity index (χ2v) is 7.68. The van der Waals surface area contributed by atoms with Gasteiger partial charge in [-0.15, -0.1) is 0 Å². The van der Waals surface area contributed by atoms with E-state index < -0.39 is 37.1 Å². The highest BCUT2D eigenvalue weighted by Crippen LogP contribution is 2.25. The van der Waals surface area contributed by atoms with Crippen molar-refractivity contribution in [3.05, 3.63) is 59.8 Å². The first kappa shape index (κ1) is 27.6. The maximum absolute atomic E-state index is 14.1. The van der Waals surface area contributed by atoms with Crippen LogP contribution in [-0.2, 0) is 25.7 Å². The van der Waals surface area contributed by atoms with Crippen molar-refractivity contribution >= 4 is 24.2 Å². The maximum Gasteiger partial charge on any atom is 0.407 e. The molecule has 1 heterocycles. The number of rotatable bonds is 14. The van der Waals surface area contributed by atoms with E-state index in [0.717, 1.165) is 5.56 Å². The summed E-state index contributed by atoms with van der Waals surface area (Å²) in [4.78, 5) is 39.8. The molecule has 0 spiro atoms. The van der Waals surface area contributed by atoms with E-state index in [0.29, 0.717) is 5.56 Å². The second kappa shape index (κ2) is 13.9. The summed E-state index contributed by atoms with van der Waals surface area (Å²) < 4.78 is 38.5. The van der Waals surface area contributed by atoms with Gasteiger partial charge in [-0.3, -0.25) is 14.5 Å². The zero-order valence-electron chi connectivity index (χ0n) is 19.5. The molecule has 0 aliphatic rings. The fraction of sp³-hybridized carbons (Fsp3) is 0.391. The minimum Gasteiger partial charge on any atom is -0.445 e. The van der Waals surface area contributed by atoms with Gasteiger partial charge in [-0.25, -0.2) is 18.6 Å². The smallest absolute Gasteiger partial charge is 0.407 e. The van der Waals surface area contributed by atoms with Crippen LogP contribution in [0.2, 0.25) is 0 Å². The van der Waals surface area contributed by atoms with E-state index in [1.165, 1.54) is 31.3 Å². The number of carbonyl (C=O) groups excluding carboxylic acids is 3. The summed E-state index contributed by atoms with van der Waals surface area (Å²) >= 11 is 0. The average Bonchev–Trinajstić information content (AvgIpc) is 2.84. The maximum atomic E-state index is 14.1. The minimum atomic E-state index is -3.16. The zero-order valence-corrected chi connectivity index (χ0v) is 19.5. The molecule has 3 amide bonds. The molecular weight excluding hydrogens is 464 g/mol. The second-order valence-electron chi connectivity index (χ2n) is 7.68. The van der Waals surface area contributed by atoms with Gasteiger partial charge in [-0.2, -0.15) is 0 Å². The molecule has 0 fully saturated rings. The van der Waals surface area contributed by atoms with Gasteiger partial charge in [0.25, 0.3) is 5.92 Å². The Morgan fingerprint density at radius 2 is 1.97 bits per heavy atom. The lowest BCUT2D eigenvalue weighted by atomic mass is 10.1. The first-order chi connectivity index (χ1) is 16.7. The van der Waals surface area contributed by atoms with Crippen LogP contribution in [-0.4, -0.2) is 74.6 Å². The van der Waals surface area contributed by atoms with Crippen LogP contribution in [0.25, 0.3) is 0 Å². The number of alkyl halides is 2. The summed E-state index contributed by atoms with van der Waals surface area (Å²) in [5, 5.41) is 6.88. The molecule has 10 nitrogen and oxygen atoms in total. The molecule has 0 bridgehead atoms. The van der Waals surface area contributed by atoms with Crippen LogP contribution in [0.15, 0.2) is 48.7 Å². The van der Waals surface area contributed by atoms with Crippen LogP contribution < -0.4 is 16.0 Å². The van der Waals surface area contributed by atoms with Gasteiger partial charge in [0.15, 0.2) is 0 Å². The molecular formula is C23H29F2N5O5. The van der Waals surface area contributed by atoms with Crippen molar-refractivity contribution in [2.24, 2.45) is 0 Å². The quantitative estimate of drug-likeness (QED) is 0.344. The summed E-state index contributed by atoms with van der Waals surface area (Å²) in [6, 6.07) is 11.7. The van der Waals surface area contributed by atoms with Crippen molar-refractivity contribution in [1.29, 1.82) is 0 Å². The number of alkyl carbamates (subject to hydrolysis) is 1. The predicted molar refractivity (Wildman–Crippen MR) is 124 cm³/mol. The highest BCUT2D eigenvalue weighted by molar-refractivity contribution is 5.93. The van der Waals surface area contributed by atoms with Gasteiger partial charge in [0.05, 0.1) is 25.7 Å². The van der Waals surface area contributed by atoms with Crippen LogP contribution in [0.1, 0.15) is 17.2 Å². The number of nitrogens with one attached hydrogen (secondary N) is 3. The third kappa shape index (κ3) is 10.0. The van der Waals surface area contributed by atoms with E-state index in [4.69, 9.17) is 9.47 Å². The highest BCUT2D eigenvalue weighted by Gasteiger charge is 2.33. The zero-order chi connectivity index (χ0) is 25.7. The Balaban J connectivity index is 1.92. The molecule has 190 valence electrons. The molecule has 0 radical (unpaired) electrons. The fourth-order valence-corrected chi connectivity index (χ4v) is 3.19. The standard InChI is InChI=1S/C23H29F2N5O5/c1-30(15-23(24,25)14-26-16-31)19(13-34-2)18-8-9-27-20(10-18)29-21(32)11-28-22(33)35-12-17-6-4-3-5-7-17/h3-10,16,19H,11-15H2,1-2H3,(H,26,31)(H,28,33)(H,27,29,32). The molecule has 1 aromatic carbocycles. The van der Waals surface area contributed by atoms with Gasteiger partial charge in [0.1, 0.15) is 19.0 Å². The molecule has 1 aromatic heterocycles. The molecule has 1 unspecified atom stereocenters. The number of aromatic nitrogens is 1. The first-order valence-corrected chi connectivity index (χ1v) is 10.7. The SMILES string of the molecule is COCC(c1ccnc(NC(=O)CNC(=O)OCc2ccccc2)c1)N(C)CC(F)(F)CNC=O. The van der Waals surface area contributed by atoms with Crippen LogP contribution in [0.3, 0.4) is 0 Å². The predicted octanol–water partition coefficient (Wildman–Crippen LogP) is 1.95.